The minimum absolute atomic E-state index is 0.140. The number of benzene rings is 4. The fourth-order valence-corrected chi connectivity index (χ4v) is 4.18. The maximum absolute atomic E-state index is 13.6. The SMILES string of the molecule is O=C(NCCc1ccccc1)[C@@H](Cc1ccccc1)N(Cc1ccc(F)cc1)C(=O)COc1ccccc1. The molecule has 194 valence electrons. The first kappa shape index (κ1) is 26.6. The molecule has 0 fully saturated rings. The van der Waals surface area contributed by atoms with E-state index in [9.17, 15) is 14.0 Å². The van der Waals surface area contributed by atoms with Crippen LogP contribution < -0.4 is 10.1 Å². The first-order chi connectivity index (χ1) is 18.6. The number of para-hydroxylation sites is 1. The molecule has 0 aromatic heterocycles. The second-order valence-electron chi connectivity index (χ2n) is 8.98. The normalized spacial score (nSPS) is 11.4. The van der Waals surface area contributed by atoms with Gasteiger partial charge in [-0.15, -0.1) is 0 Å². The molecule has 0 saturated heterocycles. The van der Waals surface area contributed by atoms with E-state index < -0.39 is 6.04 Å². The van der Waals surface area contributed by atoms with Crippen molar-refractivity contribution in [3.8, 4) is 5.75 Å². The number of amides is 2. The summed E-state index contributed by atoms with van der Waals surface area (Å²) in [6.07, 6.45) is 1.00. The summed E-state index contributed by atoms with van der Waals surface area (Å²) < 4.78 is 19.3. The Morgan fingerprint density at radius 2 is 1.32 bits per heavy atom. The molecule has 0 saturated carbocycles. The van der Waals surface area contributed by atoms with Crippen LogP contribution in [-0.2, 0) is 29.0 Å². The standard InChI is InChI=1S/C32H31FN2O3/c33-28-18-16-27(17-19-28)23-35(31(36)24-38-29-14-8-3-9-15-29)30(22-26-12-6-2-7-13-26)32(37)34-21-20-25-10-4-1-5-11-25/h1-19,30H,20-24H2,(H,34,37)/t30-/m1/s1. The van der Waals surface area contributed by atoms with Crippen molar-refractivity contribution in [2.45, 2.75) is 25.4 Å². The molecular weight excluding hydrogens is 479 g/mol. The summed E-state index contributed by atoms with van der Waals surface area (Å²) in [4.78, 5) is 28.7. The quantitative estimate of drug-likeness (QED) is 0.285. The highest BCUT2D eigenvalue weighted by molar-refractivity contribution is 5.88. The number of nitrogens with zero attached hydrogens (tertiary/aromatic N) is 1. The van der Waals surface area contributed by atoms with Gasteiger partial charge in [0.25, 0.3) is 5.91 Å². The summed E-state index contributed by atoms with van der Waals surface area (Å²) in [6, 6.07) is 33.7. The summed E-state index contributed by atoms with van der Waals surface area (Å²) in [7, 11) is 0. The van der Waals surface area contributed by atoms with Gasteiger partial charge in [0.15, 0.2) is 6.61 Å². The molecule has 0 unspecified atom stereocenters. The van der Waals surface area contributed by atoms with E-state index in [0.717, 1.165) is 16.7 Å². The van der Waals surface area contributed by atoms with Crippen LogP contribution >= 0.6 is 0 Å². The highest BCUT2D eigenvalue weighted by Crippen LogP contribution is 2.17. The van der Waals surface area contributed by atoms with Gasteiger partial charge < -0.3 is 15.0 Å². The molecule has 6 heteroatoms. The summed E-state index contributed by atoms with van der Waals surface area (Å²) in [6.45, 7) is 0.349. The molecule has 4 rings (SSSR count). The molecule has 0 radical (unpaired) electrons. The zero-order chi connectivity index (χ0) is 26.6. The third-order valence-corrected chi connectivity index (χ3v) is 6.20. The average Bonchev–Trinajstić information content (AvgIpc) is 2.96. The first-order valence-corrected chi connectivity index (χ1v) is 12.7. The van der Waals surface area contributed by atoms with E-state index in [1.165, 1.54) is 17.0 Å². The van der Waals surface area contributed by atoms with Gasteiger partial charge in [0.1, 0.15) is 17.6 Å². The maximum atomic E-state index is 13.6. The number of carbonyl (C=O) groups is 2. The summed E-state index contributed by atoms with van der Waals surface area (Å²) in [5, 5.41) is 3.02. The number of nitrogens with one attached hydrogen (secondary N) is 1. The van der Waals surface area contributed by atoms with Crippen molar-refractivity contribution < 1.29 is 18.7 Å². The van der Waals surface area contributed by atoms with E-state index in [2.05, 4.69) is 5.32 Å². The van der Waals surface area contributed by atoms with Gasteiger partial charge in [-0.1, -0.05) is 91.0 Å². The molecule has 0 spiro atoms. The highest BCUT2D eigenvalue weighted by Gasteiger charge is 2.30. The van der Waals surface area contributed by atoms with Crippen LogP contribution in [0.2, 0.25) is 0 Å². The molecule has 4 aromatic rings. The fraction of sp³-hybridized carbons (Fsp3) is 0.188. The third kappa shape index (κ3) is 8.03. The topological polar surface area (TPSA) is 58.6 Å². The lowest BCUT2D eigenvalue weighted by molar-refractivity contribution is -0.142. The van der Waals surface area contributed by atoms with Crippen molar-refractivity contribution in [3.63, 3.8) is 0 Å². The van der Waals surface area contributed by atoms with Crippen LogP contribution in [0.4, 0.5) is 4.39 Å². The predicted molar refractivity (Wildman–Crippen MR) is 146 cm³/mol. The number of halogens is 1. The third-order valence-electron chi connectivity index (χ3n) is 6.20. The molecule has 0 aliphatic heterocycles. The minimum Gasteiger partial charge on any atom is -0.484 e. The van der Waals surface area contributed by atoms with Crippen LogP contribution in [0, 0.1) is 5.82 Å². The number of hydrogen-bond donors (Lipinski definition) is 1. The zero-order valence-electron chi connectivity index (χ0n) is 21.1. The van der Waals surface area contributed by atoms with Crippen LogP contribution in [0.3, 0.4) is 0 Å². The summed E-state index contributed by atoms with van der Waals surface area (Å²) in [5.41, 5.74) is 2.76. The van der Waals surface area contributed by atoms with Crippen molar-refractivity contribution in [2.75, 3.05) is 13.2 Å². The monoisotopic (exact) mass is 510 g/mol. The Labute approximate surface area is 222 Å². The van der Waals surface area contributed by atoms with E-state index in [0.29, 0.717) is 25.1 Å². The van der Waals surface area contributed by atoms with Crippen LogP contribution in [-0.4, -0.2) is 35.9 Å². The lowest BCUT2D eigenvalue weighted by atomic mass is 10.0. The van der Waals surface area contributed by atoms with Gasteiger partial charge in [0.2, 0.25) is 5.91 Å². The predicted octanol–water partition coefficient (Wildman–Crippen LogP) is 5.20. The van der Waals surface area contributed by atoms with Crippen molar-refractivity contribution in [3.05, 3.63) is 138 Å². The molecule has 5 nitrogen and oxygen atoms in total. The Morgan fingerprint density at radius 1 is 0.737 bits per heavy atom. The van der Waals surface area contributed by atoms with Crippen LogP contribution in [0.1, 0.15) is 16.7 Å². The molecule has 38 heavy (non-hydrogen) atoms. The van der Waals surface area contributed by atoms with Crippen molar-refractivity contribution in [1.29, 1.82) is 0 Å². The van der Waals surface area contributed by atoms with Gasteiger partial charge in [-0.05, 0) is 47.4 Å². The Hall–Kier alpha value is -4.45. The van der Waals surface area contributed by atoms with Crippen LogP contribution in [0.25, 0.3) is 0 Å². The van der Waals surface area contributed by atoms with E-state index in [1.54, 1.807) is 24.3 Å². The largest absolute Gasteiger partial charge is 0.484 e. The van der Waals surface area contributed by atoms with Crippen molar-refractivity contribution in [1.82, 2.24) is 10.2 Å². The Kier molecular flexibility index (Phi) is 9.63. The summed E-state index contributed by atoms with van der Waals surface area (Å²) in [5.74, 6) is -0.384. The van der Waals surface area contributed by atoms with Gasteiger partial charge >= 0.3 is 0 Å². The van der Waals surface area contributed by atoms with Gasteiger partial charge in [-0.25, -0.2) is 4.39 Å². The molecule has 0 heterocycles. The maximum Gasteiger partial charge on any atom is 0.261 e. The van der Waals surface area contributed by atoms with E-state index in [4.69, 9.17) is 4.74 Å². The lowest BCUT2D eigenvalue weighted by Crippen LogP contribution is -2.52. The summed E-state index contributed by atoms with van der Waals surface area (Å²) >= 11 is 0. The van der Waals surface area contributed by atoms with E-state index in [1.807, 2.05) is 78.9 Å². The fourth-order valence-electron chi connectivity index (χ4n) is 4.18. The van der Waals surface area contributed by atoms with Crippen molar-refractivity contribution >= 4 is 11.8 Å². The van der Waals surface area contributed by atoms with Crippen molar-refractivity contribution in [2.24, 2.45) is 0 Å². The Balaban J connectivity index is 1.56. The van der Waals surface area contributed by atoms with Gasteiger partial charge in [-0.2, -0.15) is 0 Å². The number of rotatable bonds is 12. The Bertz CT molecular complexity index is 1280. The molecule has 1 atom stereocenters. The molecular formula is C32H31FN2O3. The molecule has 1 N–H and O–H groups in total. The average molecular weight is 511 g/mol. The lowest BCUT2D eigenvalue weighted by Gasteiger charge is -2.31. The first-order valence-electron chi connectivity index (χ1n) is 12.7. The van der Waals surface area contributed by atoms with Gasteiger partial charge in [-0.3, -0.25) is 9.59 Å². The van der Waals surface area contributed by atoms with E-state index >= 15 is 0 Å². The smallest absolute Gasteiger partial charge is 0.261 e. The molecule has 0 bridgehead atoms. The number of carbonyl (C=O) groups excluding carboxylic acids is 2. The molecule has 4 aromatic carbocycles. The van der Waals surface area contributed by atoms with Gasteiger partial charge in [0, 0.05) is 19.5 Å². The number of hydrogen-bond acceptors (Lipinski definition) is 3. The minimum atomic E-state index is -0.787. The van der Waals surface area contributed by atoms with E-state index in [-0.39, 0.29) is 30.8 Å². The van der Waals surface area contributed by atoms with Crippen LogP contribution in [0.15, 0.2) is 115 Å². The molecule has 0 aliphatic rings. The molecule has 0 aliphatic carbocycles. The second kappa shape index (κ2) is 13.7. The Morgan fingerprint density at radius 3 is 1.95 bits per heavy atom. The second-order valence-corrected chi connectivity index (χ2v) is 8.98. The molecule has 2 amide bonds. The zero-order valence-corrected chi connectivity index (χ0v) is 21.1. The number of ether oxygens (including phenoxy) is 1. The van der Waals surface area contributed by atoms with Crippen LogP contribution in [0.5, 0.6) is 5.75 Å². The van der Waals surface area contributed by atoms with Gasteiger partial charge in [0.05, 0.1) is 0 Å². The highest BCUT2D eigenvalue weighted by atomic mass is 19.1.